The summed E-state index contributed by atoms with van der Waals surface area (Å²) < 4.78 is 5.21. The average Bonchev–Trinajstić information content (AvgIpc) is 2.87. The van der Waals surface area contributed by atoms with Gasteiger partial charge in [-0.15, -0.1) is 0 Å². The van der Waals surface area contributed by atoms with Crippen molar-refractivity contribution in [3.8, 4) is 0 Å². The molecular formula is C13H21N3O. The van der Waals surface area contributed by atoms with E-state index in [1.165, 1.54) is 32.1 Å². The third-order valence-corrected chi connectivity index (χ3v) is 4.41. The third kappa shape index (κ3) is 2.38. The zero-order valence-electron chi connectivity index (χ0n) is 10.4. The predicted molar refractivity (Wildman–Crippen MR) is 65.5 cm³/mol. The van der Waals surface area contributed by atoms with E-state index >= 15 is 0 Å². The lowest BCUT2D eigenvalue weighted by atomic mass is 9.91. The lowest BCUT2D eigenvalue weighted by Gasteiger charge is -2.36. The number of nitrogens with one attached hydrogen (secondary N) is 1. The highest BCUT2D eigenvalue weighted by Crippen LogP contribution is 2.36. The molecule has 17 heavy (non-hydrogen) atoms. The molecule has 2 aliphatic heterocycles. The molecule has 4 heteroatoms. The predicted octanol–water partition coefficient (Wildman–Crippen LogP) is 1.64. The van der Waals surface area contributed by atoms with Crippen LogP contribution in [0.2, 0.25) is 0 Å². The smallest absolute Gasteiger partial charge is 0.180 e. The van der Waals surface area contributed by atoms with Gasteiger partial charge in [0.1, 0.15) is 5.76 Å². The first kappa shape index (κ1) is 11.2. The molecule has 3 heterocycles. The molecule has 2 fully saturated rings. The molecule has 0 spiro atoms. The number of piperidine rings is 1. The lowest BCUT2D eigenvalue weighted by Crippen LogP contribution is -2.42. The van der Waals surface area contributed by atoms with Crippen LogP contribution in [0.25, 0.3) is 0 Å². The first-order valence-electron chi connectivity index (χ1n) is 6.63. The van der Waals surface area contributed by atoms with Gasteiger partial charge in [-0.1, -0.05) is 0 Å². The zero-order chi connectivity index (χ0) is 11.7. The molecule has 4 nitrogen and oxygen atoms in total. The van der Waals surface area contributed by atoms with Crippen molar-refractivity contribution < 1.29 is 4.42 Å². The van der Waals surface area contributed by atoms with Gasteiger partial charge in [0.15, 0.2) is 6.39 Å². The summed E-state index contributed by atoms with van der Waals surface area (Å²) in [6.45, 7) is 1.92. The SMILES string of the molecule is CN1C2CCC1CC(CNCc1cnco1)C2. The normalized spacial score (nSPS) is 33.1. The molecule has 1 aromatic rings. The number of aromatic nitrogens is 1. The molecule has 2 atom stereocenters. The van der Waals surface area contributed by atoms with Gasteiger partial charge in [0.25, 0.3) is 0 Å². The molecule has 1 aromatic heterocycles. The highest BCUT2D eigenvalue weighted by molar-refractivity contribution is 4.94. The minimum absolute atomic E-state index is 0.807. The maximum absolute atomic E-state index is 5.21. The van der Waals surface area contributed by atoms with Crippen LogP contribution in [0.4, 0.5) is 0 Å². The van der Waals surface area contributed by atoms with E-state index in [1.54, 1.807) is 6.20 Å². The summed E-state index contributed by atoms with van der Waals surface area (Å²) in [6.07, 6.45) is 8.80. The second-order valence-corrected chi connectivity index (χ2v) is 5.49. The van der Waals surface area contributed by atoms with Gasteiger partial charge in [-0.2, -0.15) is 0 Å². The van der Waals surface area contributed by atoms with Crippen molar-refractivity contribution in [3.63, 3.8) is 0 Å². The van der Waals surface area contributed by atoms with Gasteiger partial charge in [0, 0.05) is 12.1 Å². The van der Waals surface area contributed by atoms with Crippen molar-refractivity contribution >= 4 is 0 Å². The molecule has 0 radical (unpaired) electrons. The molecule has 2 saturated heterocycles. The van der Waals surface area contributed by atoms with E-state index in [0.717, 1.165) is 36.9 Å². The van der Waals surface area contributed by atoms with E-state index in [9.17, 15) is 0 Å². The van der Waals surface area contributed by atoms with E-state index in [2.05, 4.69) is 22.2 Å². The largest absolute Gasteiger partial charge is 0.447 e. The Morgan fingerprint density at radius 2 is 2.18 bits per heavy atom. The highest BCUT2D eigenvalue weighted by atomic mass is 16.3. The van der Waals surface area contributed by atoms with E-state index in [4.69, 9.17) is 4.42 Å². The van der Waals surface area contributed by atoms with Gasteiger partial charge in [-0.3, -0.25) is 0 Å². The lowest BCUT2D eigenvalue weighted by molar-refractivity contribution is 0.132. The van der Waals surface area contributed by atoms with E-state index in [1.807, 2.05) is 0 Å². The van der Waals surface area contributed by atoms with Crippen LogP contribution in [-0.2, 0) is 6.54 Å². The number of fused-ring (bicyclic) bond motifs is 2. The van der Waals surface area contributed by atoms with E-state index in [0.29, 0.717) is 0 Å². The Balaban J connectivity index is 1.44. The first-order valence-corrected chi connectivity index (χ1v) is 6.63. The Labute approximate surface area is 102 Å². The highest BCUT2D eigenvalue weighted by Gasteiger charge is 2.37. The van der Waals surface area contributed by atoms with E-state index < -0.39 is 0 Å². The van der Waals surface area contributed by atoms with Crippen LogP contribution >= 0.6 is 0 Å². The van der Waals surface area contributed by atoms with Crippen LogP contribution in [0.15, 0.2) is 17.0 Å². The molecule has 0 amide bonds. The van der Waals surface area contributed by atoms with Gasteiger partial charge in [-0.05, 0) is 45.2 Å². The maximum Gasteiger partial charge on any atom is 0.180 e. The average molecular weight is 235 g/mol. The zero-order valence-corrected chi connectivity index (χ0v) is 10.4. The molecule has 2 unspecified atom stereocenters. The van der Waals surface area contributed by atoms with Crippen molar-refractivity contribution in [3.05, 3.63) is 18.4 Å². The Morgan fingerprint density at radius 3 is 2.82 bits per heavy atom. The molecule has 2 bridgehead atoms. The monoisotopic (exact) mass is 235 g/mol. The molecule has 0 aliphatic carbocycles. The van der Waals surface area contributed by atoms with Crippen molar-refractivity contribution in [2.45, 2.75) is 44.3 Å². The second-order valence-electron chi connectivity index (χ2n) is 5.49. The third-order valence-electron chi connectivity index (χ3n) is 4.41. The van der Waals surface area contributed by atoms with Crippen molar-refractivity contribution in [2.75, 3.05) is 13.6 Å². The maximum atomic E-state index is 5.21. The van der Waals surface area contributed by atoms with Crippen molar-refractivity contribution in [1.82, 2.24) is 15.2 Å². The van der Waals surface area contributed by atoms with Crippen LogP contribution in [0.1, 0.15) is 31.4 Å². The Hall–Kier alpha value is -0.870. The van der Waals surface area contributed by atoms with Crippen LogP contribution in [0, 0.1) is 5.92 Å². The summed E-state index contributed by atoms with van der Waals surface area (Å²) in [7, 11) is 2.29. The number of hydrogen-bond acceptors (Lipinski definition) is 4. The minimum Gasteiger partial charge on any atom is -0.447 e. The molecule has 0 saturated carbocycles. The fraction of sp³-hybridized carbons (Fsp3) is 0.769. The van der Waals surface area contributed by atoms with Crippen LogP contribution in [0.3, 0.4) is 0 Å². The van der Waals surface area contributed by atoms with Crippen molar-refractivity contribution in [1.29, 1.82) is 0 Å². The number of oxazole rings is 1. The topological polar surface area (TPSA) is 41.3 Å². The van der Waals surface area contributed by atoms with Crippen LogP contribution in [-0.4, -0.2) is 35.6 Å². The number of nitrogens with zero attached hydrogens (tertiary/aromatic N) is 2. The summed E-state index contributed by atoms with van der Waals surface area (Å²) in [4.78, 5) is 6.51. The summed E-state index contributed by atoms with van der Waals surface area (Å²) in [5, 5.41) is 3.49. The minimum atomic E-state index is 0.807. The van der Waals surface area contributed by atoms with Crippen LogP contribution in [0.5, 0.6) is 0 Å². The number of rotatable bonds is 4. The van der Waals surface area contributed by atoms with Crippen molar-refractivity contribution in [2.24, 2.45) is 5.92 Å². The molecule has 3 rings (SSSR count). The van der Waals surface area contributed by atoms with Crippen LogP contribution < -0.4 is 5.32 Å². The molecule has 94 valence electrons. The second kappa shape index (κ2) is 4.78. The van der Waals surface area contributed by atoms with Gasteiger partial charge in [0.05, 0.1) is 12.7 Å². The summed E-state index contributed by atoms with van der Waals surface area (Å²) in [6, 6.07) is 1.68. The molecular weight excluding hydrogens is 214 g/mol. The Kier molecular flexibility index (Phi) is 3.16. The summed E-state index contributed by atoms with van der Waals surface area (Å²) >= 11 is 0. The Morgan fingerprint density at radius 1 is 1.41 bits per heavy atom. The van der Waals surface area contributed by atoms with E-state index in [-0.39, 0.29) is 0 Å². The molecule has 0 aromatic carbocycles. The Bertz CT molecular complexity index is 338. The quantitative estimate of drug-likeness (QED) is 0.861. The molecule has 2 aliphatic rings. The van der Waals surface area contributed by atoms with Gasteiger partial charge in [0.2, 0.25) is 0 Å². The van der Waals surface area contributed by atoms with Gasteiger partial charge >= 0.3 is 0 Å². The number of hydrogen-bond donors (Lipinski definition) is 1. The van der Waals surface area contributed by atoms with Gasteiger partial charge in [-0.25, -0.2) is 4.98 Å². The summed E-state index contributed by atoms with van der Waals surface area (Å²) in [5.74, 6) is 1.77. The summed E-state index contributed by atoms with van der Waals surface area (Å²) in [5.41, 5.74) is 0. The fourth-order valence-electron chi connectivity index (χ4n) is 3.42. The standard InChI is InChI=1S/C13H21N3O/c1-16-11-2-3-12(16)5-10(4-11)6-14-7-13-8-15-9-17-13/h8-12,14H,2-7H2,1H3. The fourth-order valence-corrected chi connectivity index (χ4v) is 3.42. The first-order chi connectivity index (χ1) is 8.33. The van der Waals surface area contributed by atoms with Gasteiger partial charge < -0.3 is 14.6 Å². The molecule has 1 N–H and O–H groups in total.